The van der Waals surface area contributed by atoms with Gasteiger partial charge in [0.15, 0.2) is 5.62 Å². The lowest BCUT2D eigenvalue weighted by Gasteiger charge is -2.20. The second kappa shape index (κ2) is 3.55. The number of benzene rings is 1. The summed E-state index contributed by atoms with van der Waals surface area (Å²) < 4.78 is 1.00. The average Bonchev–Trinajstić information content (AvgIpc) is 2.08. The van der Waals surface area contributed by atoms with Crippen molar-refractivity contribution in [1.29, 1.82) is 0 Å². The van der Waals surface area contributed by atoms with Crippen LogP contribution >= 0.6 is 27.5 Å². The molecule has 4 heteroatoms. The molecule has 1 atom stereocenters. The molecule has 0 bridgehead atoms. The Kier molecular flexibility index (Phi) is 2.54. The average molecular weight is 274 g/mol. The highest BCUT2D eigenvalue weighted by atomic mass is 79.9. The topological polar surface area (TPSA) is 15.6 Å². The van der Waals surface area contributed by atoms with Crippen molar-refractivity contribution in [3.8, 4) is 0 Å². The van der Waals surface area contributed by atoms with E-state index in [2.05, 4.69) is 33.9 Å². The van der Waals surface area contributed by atoms with Crippen LogP contribution in [0.4, 0.5) is 0 Å². The third-order valence-corrected chi connectivity index (χ3v) is 3.16. The van der Waals surface area contributed by atoms with E-state index >= 15 is 0 Å². The van der Waals surface area contributed by atoms with E-state index in [1.807, 2.05) is 24.2 Å². The van der Waals surface area contributed by atoms with E-state index in [1.54, 1.807) is 0 Å². The Labute approximate surface area is 96.0 Å². The van der Waals surface area contributed by atoms with Gasteiger partial charge in [0, 0.05) is 22.9 Å². The van der Waals surface area contributed by atoms with Gasteiger partial charge in [-0.05, 0) is 40.5 Å². The molecule has 1 heterocycles. The second-order valence-electron chi connectivity index (χ2n) is 3.42. The fourth-order valence-corrected chi connectivity index (χ4v) is 2.32. The van der Waals surface area contributed by atoms with E-state index in [-0.39, 0.29) is 5.62 Å². The smallest absolute Gasteiger partial charge is 0.197 e. The van der Waals surface area contributed by atoms with E-state index in [9.17, 15) is 0 Å². The molecule has 0 spiro atoms. The van der Waals surface area contributed by atoms with Gasteiger partial charge >= 0.3 is 0 Å². The Bertz CT molecular complexity index is 484. The van der Waals surface area contributed by atoms with Gasteiger partial charge in [-0.25, -0.2) is 4.99 Å². The molecule has 1 aromatic rings. The molecule has 14 heavy (non-hydrogen) atoms. The largest absolute Gasteiger partial charge is 0.346 e. The summed E-state index contributed by atoms with van der Waals surface area (Å²) >= 11 is 9.50. The van der Waals surface area contributed by atoms with Gasteiger partial charge in [-0.1, -0.05) is 11.6 Å². The number of rotatable bonds is 0. The zero-order valence-electron chi connectivity index (χ0n) is 7.96. The monoisotopic (exact) mass is 272 g/mol. The summed E-state index contributed by atoms with van der Waals surface area (Å²) in [5, 5.41) is 2.05. The van der Waals surface area contributed by atoms with Crippen LogP contribution < -0.4 is 10.6 Å². The number of hydrogen-bond acceptors (Lipinski definition) is 2. The molecule has 1 aliphatic rings. The number of nitrogens with zero attached hydrogens (tertiary/aromatic N) is 2. The van der Waals surface area contributed by atoms with Crippen molar-refractivity contribution in [2.75, 3.05) is 7.05 Å². The van der Waals surface area contributed by atoms with E-state index in [0.29, 0.717) is 0 Å². The molecule has 74 valence electrons. The second-order valence-corrected chi connectivity index (χ2v) is 4.66. The summed E-state index contributed by atoms with van der Waals surface area (Å²) in [6, 6.07) is 4.15. The van der Waals surface area contributed by atoms with Crippen molar-refractivity contribution in [3.63, 3.8) is 0 Å². The molecule has 1 aliphatic heterocycles. The molecule has 1 aromatic carbocycles. The first-order valence-electron chi connectivity index (χ1n) is 4.30. The predicted octanol–water partition coefficient (Wildman–Crippen LogP) is 1.58. The normalized spacial score (nSPS) is 19.7. The predicted molar refractivity (Wildman–Crippen MR) is 61.5 cm³/mol. The molecule has 0 saturated carbocycles. The minimum Gasteiger partial charge on any atom is -0.346 e. The lowest BCUT2D eigenvalue weighted by atomic mass is 10.2. The summed E-state index contributed by atoms with van der Waals surface area (Å²) in [5.41, 5.74) is 0.907. The molecule has 0 aliphatic carbocycles. The molecule has 0 saturated heterocycles. The first kappa shape index (κ1) is 9.99. The van der Waals surface area contributed by atoms with Crippen molar-refractivity contribution in [2.24, 2.45) is 4.99 Å². The molecule has 1 unspecified atom stereocenters. The standard InChI is InChI=1S/C10H10BrClN2/c1-6-3-7-5-14(2)10(12)13-9(7)8(11)4-6/h3-5,10H,1-2H3. The highest BCUT2D eigenvalue weighted by Crippen LogP contribution is 2.09. The zero-order valence-corrected chi connectivity index (χ0v) is 10.3. The van der Waals surface area contributed by atoms with Crippen LogP contribution in [0.3, 0.4) is 0 Å². The van der Waals surface area contributed by atoms with Crippen LogP contribution in [0.15, 0.2) is 21.6 Å². The summed E-state index contributed by atoms with van der Waals surface area (Å²) in [5.74, 6) is 0. The Morgan fingerprint density at radius 3 is 2.93 bits per heavy atom. The van der Waals surface area contributed by atoms with Crippen molar-refractivity contribution in [3.05, 3.63) is 32.7 Å². The molecule has 0 N–H and O–H groups in total. The maximum atomic E-state index is 6.01. The first-order chi connectivity index (χ1) is 6.58. The van der Waals surface area contributed by atoms with Crippen LogP contribution in [0, 0.1) is 6.92 Å². The molecule has 2 rings (SSSR count). The van der Waals surface area contributed by atoms with Crippen LogP contribution in [0.25, 0.3) is 6.20 Å². The highest BCUT2D eigenvalue weighted by molar-refractivity contribution is 9.10. The van der Waals surface area contributed by atoms with Gasteiger partial charge in [-0.3, -0.25) is 0 Å². The van der Waals surface area contributed by atoms with Gasteiger partial charge in [0.25, 0.3) is 0 Å². The third kappa shape index (κ3) is 1.66. The lowest BCUT2D eigenvalue weighted by molar-refractivity contribution is 0.453. The van der Waals surface area contributed by atoms with Gasteiger partial charge in [0.2, 0.25) is 0 Å². The maximum absolute atomic E-state index is 6.01. The Balaban J connectivity index is 2.79. The molecule has 2 nitrogen and oxygen atoms in total. The molecule has 0 aromatic heterocycles. The summed E-state index contributed by atoms with van der Waals surface area (Å²) in [4.78, 5) is 6.27. The van der Waals surface area contributed by atoms with Crippen LogP contribution in [-0.2, 0) is 0 Å². The van der Waals surface area contributed by atoms with Crippen LogP contribution in [0.1, 0.15) is 5.56 Å². The van der Waals surface area contributed by atoms with Crippen LogP contribution in [-0.4, -0.2) is 17.6 Å². The minimum atomic E-state index is -0.304. The molecular weight excluding hydrogens is 263 g/mol. The van der Waals surface area contributed by atoms with E-state index in [0.717, 1.165) is 15.0 Å². The SMILES string of the molecule is Cc1cc(Br)c2c(c1)=CN(C)C(Cl)N=2. The molecule has 0 amide bonds. The summed E-state index contributed by atoms with van der Waals surface area (Å²) in [7, 11) is 1.92. The first-order valence-corrected chi connectivity index (χ1v) is 5.53. The lowest BCUT2D eigenvalue weighted by Crippen LogP contribution is -2.38. The van der Waals surface area contributed by atoms with Crippen LogP contribution in [0.2, 0.25) is 0 Å². The van der Waals surface area contributed by atoms with Gasteiger partial charge < -0.3 is 4.90 Å². The minimum absolute atomic E-state index is 0.304. The number of alkyl halides is 1. The van der Waals surface area contributed by atoms with Crippen molar-refractivity contribution in [2.45, 2.75) is 12.5 Å². The molecule has 0 radical (unpaired) electrons. The highest BCUT2D eigenvalue weighted by Gasteiger charge is 2.11. The third-order valence-electron chi connectivity index (χ3n) is 2.15. The van der Waals surface area contributed by atoms with Gasteiger partial charge in [0.1, 0.15) is 0 Å². The molecule has 0 fully saturated rings. The molecular formula is C10H10BrClN2. The van der Waals surface area contributed by atoms with Gasteiger partial charge in [0.05, 0.1) is 5.36 Å². The Morgan fingerprint density at radius 1 is 1.50 bits per heavy atom. The number of aryl methyl sites for hydroxylation is 1. The summed E-state index contributed by atoms with van der Waals surface area (Å²) in [6.07, 6.45) is 2.01. The van der Waals surface area contributed by atoms with Crippen molar-refractivity contribution < 1.29 is 0 Å². The number of hydrogen-bond donors (Lipinski definition) is 0. The summed E-state index contributed by atoms with van der Waals surface area (Å²) in [6.45, 7) is 2.06. The van der Waals surface area contributed by atoms with Gasteiger partial charge in [-0.2, -0.15) is 0 Å². The van der Waals surface area contributed by atoms with Crippen molar-refractivity contribution >= 4 is 33.7 Å². The fraction of sp³-hybridized carbons (Fsp3) is 0.300. The zero-order chi connectivity index (χ0) is 10.3. The Morgan fingerprint density at radius 2 is 2.21 bits per heavy atom. The van der Waals surface area contributed by atoms with E-state index in [4.69, 9.17) is 11.6 Å². The number of halogens is 2. The van der Waals surface area contributed by atoms with Crippen molar-refractivity contribution in [1.82, 2.24) is 4.90 Å². The van der Waals surface area contributed by atoms with E-state index in [1.165, 1.54) is 5.56 Å². The fourth-order valence-electron chi connectivity index (χ4n) is 1.47. The maximum Gasteiger partial charge on any atom is 0.197 e. The quantitative estimate of drug-likeness (QED) is 0.518. The van der Waals surface area contributed by atoms with Crippen LogP contribution in [0.5, 0.6) is 0 Å². The van der Waals surface area contributed by atoms with E-state index < -0.39 is 0 Å². The number of fused-ring (bicyclic) bond motifs is 1. The Hall–Kier alpha value is -0.540. The van der Waals surface area contributed by atoms with Gasteiger partial charge in [-0.15, -0.1) is 0 Å².